The van der Waals surface area contributed by atoms with E-state index < -0.39 is 34.5 Å². The number of benzene rings is 1. The Bertz CT molecular complexity index is 1210. The summed E-state index contributed by atoms with van der Waals surface area (Å²) in [7, 11) is 0. The molecule has 3 rings (SSSR count). The van der Waals surface area contributed by atoms with Crippen LogP contribution in [0.4, 0.5) is 4.39 Å². The molecule has 0 unspecified atom stereocenters. The van der Waals surface area contributed by atoms with E-state index >= 15 is 0 Å². The third-order valence-electron chi connectivity index (χ3n) is 4.88. The average Bonchev–Trinajstić information content (AvgIpc) is 3.24. The molecule has 0 aliphatic rings. The van der Waals surface area contributed by atoms with Crippen LogP contribution in [-0.4, -0.2) is 37.5 Å². The smallest absolute Gasteiger partial charge is 0.286 e. The van der Waals surface area contributed by atoms with Crippen LogP contribution in [0, 0.1) is 11.7 Å². The summed E-state index contributed by atoms with van der Waals surface area (Å²) in [5, 5.41) is 10.4. The fraction of sp³-hybridized carbons (Fsp3) is 0.391. The van der Waals surface area contributed by atoms with Gasteiger partial charge in [-0.1, -0.05) is 34.6 Å². The Morgan fingerprint density at radius 1 is 1.12 bits per heavy atom. The van der Waals surface area contributed by atoms with Gasteiger partial charge < -0.3 is 9.73 Å². The molecule has 174 valence electrons. The van der Waals surface area contributed by atoms with Crippen molar-refractivity contribution in [2.75, 3.05) is 0 Å². The second-order valence-electron chi connectivity index (χ2n) is 9.02. The number of halogens is 1. The molecule has 0 saturated heterocycles. The number of hydrogen-bond acceptors (Lipinski definition) is 7. The van der Waals surface area contributed by atoms with Crippen LogP contribution >= 0.6 is 0 Å². The number of nitrogens with one attached hydrogen (secondary N) is 1. The van der Waals surface area contributed by atoms with Crippen LogP contribution in [0.5, 0.6) is 0 Å². The highest BCUT2D eigenvalue weighted by Gasteiger charge is 2.31. The van der Waals surface area contributed by atoms with Gasteiger partial charge >= 0.3 is 0 Å². The van der Waals surface area contributed by atoms with Crippen LogP contribution in [0.3, 0.4) is 0 Å². The summed E-state index contributed by atoms with van der Waals surface area (Å²) in [6.07, 6.45) is 1.32. The molecular formula is C23H26FN5O4. The second kappa shape index (κ2) is 9.43. The minimum Gasteiger partial charge on any atom is -0.418 e. The maximum absolute atomic E-state index is 13.3. The van der Waals surface area contributed by atoms with Gasteiger partial charge in [0.2, 0.25) is 17.6 Å². The average molecular weight is 455 g/mol. The third kappa shape index (κ3) is 5.57. The van der Waals surface area contributed by atoms with Crippen molar-refractivity contribution < 1.29 is 18.4 Å². The van der Waals surface area contributed by atoms with Crippen molar-refractivity contribution in [3.63, 3.8) is 0 Å². The molecule has 1 aromatic carbocycles. The van der Waals surface area contributed by atoms with Crippen molar-refractivity contribution in [3.8, 4) is 11.4 Å². The molecule has 3 aromatic rings. The number of nitrogens with zero attached hydrogens (tertiary/aromatic N) is 4. The Hall–Kier alpha value is -3.69. The van der Waals surface area contributed by atoms with Crippen LogP contribution in [0.1, 0.15) is 51.2 Å². The molecule has 0 saturated carbocycles. The zero-order chi connectivity index (χ0) is 24.3. The monoisotopic (exact) mass is 455 g/mol. The third-order valence-corrected chi connectivity index (χ3v) is 4.88. The van der Waals surface area contributed by atoms with Gasteiger partial charge in [-0.15, -0.1) is 10.2 Å². The van der Waals surface area contributed by atoms with Gasteiger partial charge in [0.25, 0.3) is 11.4 Å². The highest BCUT2D eigenvalue weighted by Crippen LogP contribution is 2.21. The first-order chi connectivity index (χ1) is 15.5. The number of aromatic nitrogens is 4. The van der Waals surface area contributed by atoms with Crippen molar-refractivity contribution in [2.24, 2.45) is 5.92 Å². The van der Waals surface area contributed by atoms with Gasteiger partial charge in [0.1, 0.15) is 18.2 Å². The topological polar surface area (TPSA) is 120 Å². The van der Waals surface area contributed by atoms with Crippen LogP contribution in [0.15, 0.2) is 45.7 Å². The summed E-state index contributed by atoms with van der Waals surface area (Å²) in [5.41, 5.74) is -0.419. The van der Waals surface area contributed by atoms with Crippen LogP contribution < -0.4 is 10.9 Å². The van der Waals surface area contributed by atoms with E-state index in [1.807, 2.05) is 20.8 Å². The lowest BCUT2D eigenvalue weighted by Gasteiger charge is -2.20. The van der Waals surface area contributed by atoms with E-state index in [0.29, 0.717) is 11.5 Å². The van der Waals surface area contributed by atoms with E-state index in [0.717, 1.165) is 4.57 Å². The highest BCUT2D eigenvalue weighted by atomic mass is 19.1. The Morgan fingerprint density at radius 3 is 2.36 bits per heavy atom. The number of Topliss-reactive ketones (excluding diaryl/α,β-unsaturated/α-hetero) is 1. The first kappa shape index (κ1) is 24.0. The molecule has 0 spiro atoms. The molecule has 33 heavy (non-hydrogen) atoms. The molecular weight excluding hydrogens is 429 g/mol. The lowest BCUT2D eigenvalue weighted by Crippen LogP contribution is -2.46. The molecule has 1 N–H and O–H groups in total. The lowest BCUT2D eigenvalue weighted by atomic mass is 9.97. The molecule has 1 amide bonds. The summed E-state index contributed by atoms with van der Waals surface area (Å²) in [6, 6.07) is 5.69. The fourth-order valence-electron chi connectivity index (χ4n) is 3.07. The van der Waals surface area contributed by atoms with Gasteiger partial charge in [0.15, 0.2) is 0 Å². The molecule has 0 aliphatic carbocycles. The molecule has 0 aliphatic heterocycles. The molecule has 10 heteroatoms. The fourth-order valence-corrected chi connectivity index (χ4v) is 3.07. The molecule has 9 nitrogen and oxygen atoms in total. The van der Waals surface area contributed by atoms with E-state index in [9.17, 15) is 18.8 Å². The predicted molar refractivity (Wildman–Crippen MR) is 118 cm³/mol. The standard InChI is InChI=1S/C23H26FN5O4/c1-13(2)18(19(32)21-27-28-22(33-21)23(3,4)5)26-16(30)12-29-17(31)10-11-25-20(29)14-6-8-15(24)9-7-14/h6-11,13,18H,12H2,1-5H3,(H,26,30)/t18-/m0/s1. The molecule has 0 bridgehead atoms. The Labute approximate surface area is 190 Å². The van der Waals surface area contributed by atoms with E-state index in [4.69, 9.17) is 4.42 Å². The van der Waals surface area contributed by atoms with Gasteiger partial charge in [-0.05, 0) is 30.2 Å². The van der Waals surface area contributed by atoms with Gasteiger partial charge in [0.05, 0.1) is 6.04 Å². The normalized spacial score (nSPS) is 12.6. The maximum Gasteiger partial charge on any atom is 0.286 e. The second-order valence-corrected chi connectivity index (χ2v) is 9.02. The quantitative estimate of drug-likeness (QED) is 0.544. The zero-order valence-corrected chi connectivity index (χ0v) is 19.1. The molecule has 0 radical (unpaired) electrons. The molecule has 0 fully saturated rings. The van der Waals surface area contributed by atoms with Crippen molar-refractivity contribution in [3.05, 3.63) is 64.5 Å². The van der Waals surface area contributed by atoms with E-state index in [1.165, 1.54) is 36.5 Å². The summed E-state index contributed by atoms with van der Waals surface area (Å²) in [5.74, 6) is -1.48. The number of carbonyl (C=O) groups excluding carboxylic acids is 2. The van der Waals surface area contributed by atoms with Crippen LogP contribution in [0.25, 0.3) is 11.4 Å². The summed E-state index contributed by atoms with van der Waals surface area (Å²) in [6.45, 7) is 8.78. The number of rotatable bonds is 7. The minimum atomic E-state index is -0.938. The van der Waals surface area contributed by atoms with Crippen molar-refractivity contribution >= 4 is 11.7 Å². The summed E-state index contributed by atoms with van der Waals surface area (Å²) < 4.78 is 20.0. The van der Waals surface area contributed by atoms with Crippen molar-refractivity contribution in [2.45, 2.75) is 52.6 Å². The lowest BCUT2D eigenvalue weighted by molar-refractivity contribution is -0.122. The van der Waals surface area contributed by atoms with Crippen LogP contribution in [-0.2, 0) is 16.8 Å². The van der Waals surface area contributed by atoms with Gasteiger partial charge in [-0.2, -0.15) is 0 Å². The Balaban J connectivity index is 1.83. The first-order valence-electron chi connectivity index (χ1n) is 10.5. The summed E-state index contributed by atoms with van der Waals surface area (Å²) >= 11 is 0. The van der Waals surface area contributed by atoms with E-state index in [-0.39, 0.29) is 24.2 Å². The van der Waals surface area contributed by atoms with Gasteiger partial charge in [-0.3, -0.25) is 19.0 Å². The SMILES string of the molecule is CC(C)[C@H](NC(=O)Cn1c(-c2ccc(F)cc2)nccc1=O)C(=O)c1nnc(C(C)(C)C)o1. The van der Waals surface area contributed by atoms with Crippen molar-refractivity contribution in [1.29, 1.82) is 0 Å². The zero-order valence-electron chi connectivity index (χ0n) is 19.1. The number of carbonyl (C=O) groups is 2. The number of amides is 1. The Kier molecular flexibility index (Phi) is 6.85. The van der Waals surface area contributed by atoms with E-state index in [1.54, 1.807) is 13.8 Å². The molecule has 2 heterocycles. The number of hydrogen-bond donors (Lipinski definition) is 1. The van der Waals surface area contributed by atoms with Crippen molar-refractivity contribution in [1.82, 2.24) is 25.1 Å². The van der Waals surface area contributed by atoms with Crippen LogP contribution in [0.2, 0.25) is 0 Å². The number of ketones is 1. The first-order valence-corrected chi connectivity index (χ1v) is 10.5. The summed E-state index contributed by atoms with van der Waals surface area (Å²) in [4.78, 5) is 42.4. The van der Waals surface area contributed by atoms with Gasteiger partial charge in [0, 0.05) is 23.2 Å². The Morgan fingerprint density at radius 2 is 1.79 bits per heavy atom. The molecule has 1 atom stereocenters. The minimum absolute atomic E-state index is 0.190. The largest absolute Gasteiger partial charge is 0.418 e. The van der Waals surface area contributed by atoms with E-state index in [2.05, 4.69) is 20.5 Å². The molecule has 2 aromatic heterocycles. The highest BCUT2D eigenvalue weighted by molar-refractivity contribution is 5.98. The predicted octanol–water partition coefficient (Wildman–Crippen LogP) is 2.75. The maximum atomic E-state index is 13.3. The van der Waals surface area contributed by atoms with Gasteiger partial charge in [-0.25, -0.2) is 9.37 Å².